The van der Waals surface area contributed by atoms with Crippen LogP contribution in [-0.4, -0.2) is 4.57 Å². The molecule has 3 rings (SSSR count). The first kappa shape index (κ1) is 16.1. The van der Waals surface area contributed by atoms with Crippen LogP contribution >= 0.6 is 0 Å². The number of rotatable bonds is 6. The second-order valence-electron chi connectivity index (χ2n) is 7.07. The highest BCUT2D eigenvalue weighted by atomic mass is 15.0. The Morgan fingerprint density at radius 1 is 0.870 bits per heavy atom. The predicted molar refractivity (Wildman–Crippen MR) is 102 cm³/mol. The first-order valence-electron chi connectivity index (χ1n) is 9.13. The van der Waals surface area contributed by atoms with E-state index in [-0.39, 0.29) is 0 Å². The van der Waals surface area contributed by atoms with Crippen molar-refractivity contribution in [2.24, 2.45) is 5.92 Å². The quantitative estimate of drug-likeness (QED) is 0.482. The van der Waals surface area contributed by atoms with Gasteiger partial charge in [0.15, 0.2) is 0 Å². The van der Waals surface area contributed by atoms with Crippen molar-refractivity contribution in [2.75, 3.05) is 0 Å². The van der Waals surface area contributed by atoms with Crippen molar-refractivity contribution >= 4 is 21.8 Å². The van der Waals surface area contributed by atoms with Crippen LogP contribution in [0.5, 0.6) is 0 Å². The monoisotopic (exact) mass is 307 g/mol. The molecule has 0 saturated carbocycles. The molecule has 1 unspecified atom stereocenters. The van der Waals surface area contributed by atoms with Crippen molar-refractivity contribution in [3.8, 4) is 0 Å². The van der Waals surface area contributed by atoms with E-state index in [4.69, 9.17) is 0 Å². The number of nitrogens with zero attached hydrogens (tertiary/aromatic N) is 1. The molecule has 23 heavy (non-hydrogen) atoms. The predicted octanol–water partition coefficient (Wildman–Crippen LogP) is 6.63. The number of fused-ring (bicyclic) bond motifs is 3. The minimum Gasteiger partial charge on any atom is -0.340 e. The molecule has 1 aromatic heterocycles. The second kappa shape index (κ2) is 6.78. The van der Waals surface area contributed by atoms with Gasteiger partial charge in [0, 0.05) is 28.4 Å². The summed E-state index contributed by atoms with van der Waals surface area (Å²) >= 11 is 0. The summed E-state index contributed by atoms with van der Waals surface area (Å²) in [7, 11) is 0. The molecule has 1 heterocycles. The Morgan fingerprint density at radius 3 is 1.91 bits per heavy atom. The van der Waals surface area contributed by atoms with Crippen molar-refractivity contribution in [2.45, 2.75) is 59.9 Å². The standard InChI is InChI=1S/C22H29N/c1-5-7-8-18(6-2)15-23-21-11-9-16(3)13-19(21)20-14-17(4)10-12-22(20)23/h9-14,18H,5-8,15H2,1-4H3. The van der Waals surface area contributed by atoms with Gasteiger partial charge in [-0.15, -0.1) is 0 Å². The maximum Gasteiger partial charge on any atom is 0.0491 e. The Bertz CT molecular complexity index is 750. The summed E-state index contributed by atoms with van der Waals surface area (Å²) in [6, 6.07) is 13.8. The maximum absolute atomic E-state index is 2.56. The van der Waals surface area contributed by atoms with Crippen molar-refractivity contribution in [3.05, 3.63) is 47.5 Å². The summed E-state index contributed by atoms with van der Waals surface area (Å²) in [5, 5.41) is 2.82. The third-order valence-corrected chi connectivity index (χ3v) is 5.16. The molecule has 0 saturated heterocycles. The van der Waals surface area contributed by atoms with Crippen LogP contribution in [0.15, 0.2) is 36.4 Å². The van der Waals surface area contributed by atoms with Gasteiger partial charge in [0.1, 0.15) is 0 Å². The topological polar surface area (TPSA) is 4.93 Å². The molecule has 2 aromatic carbocycles. The van der Waals surface area contributed by atoms with Crippen LogP contribution in [0.4, 0.5) is 0 Å². The lowest BCUT2D eigenvalue weighted by molar-refractivity contribution is 0.401. The third kappa shape index (κ3) is 3.15. The van der Waals surface area contributed by atoms with Gasteiger partial charge in [-0.25, -0.2) is 0 Å². The van der Waals surface area contributed by atoms with E-state index >= 15 is 0 Å². The van der Waals surface area contributed by atoms with Gasteiger partial charge in [0.2, 0.25) is 0 Å². The Labute approximate surface area is 140 Å². The van der Waals surface area contributed by atoms with E-state index in [9.17, 15) is 0 Å². The van der Waals surface area contributed by atoms with E-state index in [2.05, 4.69) is 68.7 Å². The number of aryl methyl sites for hydroxylation is 2. The van der Waals surface area contributed by atoms with Gasteiger partial charge < -0.3 is 4.57 Å². The molecule has 1 atom stereocenters. The Kier molecular flexibility index (Phi) is 4.75. The highest BCUT2D eigenvalue weighted by Gasteiger charge is 2.14. The smallest absolute Gasteiger partial charge is 0.0491 e. The van der Waals surface area contributed by atoms with Gasteiger partial charge >= 0.3 is 0 Å². The van der Waals surface area contributed by atoms with E-state index in [1.54, 1.807) is 0 Å². The molecule has 3 aromatic rings. The number of unbranched alkanes of at least 4 members (excludes halogenated alkanes) is 1. The third-order valence-electron chi connectivity index (χ3n) is 5.16. The summed E-state index contributed by atoms with van der Waals surface area (Å²) in [4.78, 5) is 0. The number of hydrogen-bond acceptors (Lipinski definition) is 0. The van der Waals surface area contributed by atoms with E-state index in [1.807, 2.05) is 0 Å². The van der Waals surface area contributed by atoms with E-state index in [0.717, 1.165) is 12.5 Å². The van der Waals surface area contributed by atoms with Crippen LogP contribution in [0.2, 0.25) is 0 Å². The van der Waals surface area contributed by atoms with Crippen molar-refractivity contribution in [3.63, 3.8) is 0 Å². The first-order valence-corrected chi connectivity index (χ1v) is 9.13. The molecule has 1 nitrogen and oxygen atoms in total. The van der Waals surface area contributed by atoms with Crippen LogP contribution in [0.25, 0.3) is 21.8 Å². The normalized spacial score (nSPS) is 13.0. The number of benzene rings is 2. The average molecular weight is 307 g/mol. The van der Waals surface area contributed by atoms with Crippen molar-refractivity contribution in [1.29, 1.82) is 0 Å². The van der Waals surface area contributed by atoms with Crippen molar-refractivity contribution < 1.29 is 0 Å². The molecular weight excluding hydrogens is 278 g/mol. The van der Waals surface area contributed by atoms with Crippen LogP contribution < -0.4 is 0 Å². The van der Waals surface area contributed by atoms with Gasteiger partial charge in [0.25, 0.3) is 0 Å². The first-order chi connectivity index (χ1) is 11.1. The van der Waals surface area contributed by atoms with Crippen molar-refractivity contribution in [1.82, 2.24) is 4.57 Å². The summed E-state index contributed by atoms with van der Waals surface area (Å²) < 4.78 is 2.56. The lowest BCUT2D eigenvalue weighted by Crippen LogP contribution is -2.10. The Hall–Kier alpha value is -1.76. The van der Waals surface area contributed by atoms with Gasteiger partial charge in [-0.2, -0.15) is 0 Å². The van der Waals surface area contributed by atoms with Crippen LogP contribution in [0, 0.1) is 19.8 Å². The largest absolute Gasteiger partial charge is 0.340 e. The van der Waals surface area contributed by atoms with Crippen LogP contribution in [0.1, 0.15) is 50.7 Å². The molecule has 0 fully saturated rings. The van der Waals surface area contributed by atoms with E-state index < -0.39 is 0 Å². The van der Waals surface area contributed by atoms with Gasteiger partial charge in [-0.05, 0) is 50.5 Å². The molecule has 1 heteroatoms. The summed E-state index contributed by atoms with van der Waals surface area (Å²) in [6.45, 7) is 10.1. The van der Waals surface area contributed by atoms with Gasteiger partial charge in [-0.1, -0.05) is 56.4 Å². The molecule has 0 bridgehead atoms. The zero-order chi connectivity index (χ0) is 16.4. The zero-order valence-corrected chi connectivity index (χ0v) is 15.0. The molecule has 0 aliphatic carbocycles. The maximum atomic E-state index is 2.56. The molecule has 0 aliphatic heterocycles. The fourth-order valence-corrected chi connectivity index (χ4v) is 3.70. The van der Waals surface area contributed by atoms with Gasteiger partial charge in [0.05, 0.1) is 0 Å². The molecular formula is C22H29N. The number of aromatic nitrogens is 1. The summed E-state index contributed by atoms with van der Waals surface area (Å²) in [6.07, 6.45) is 5.24. The van der Waals surface area contributed by atoms with E-state index in [1.165, 1.54) is 58.6 Å². The zero-order valence-electron chi connectivity index (χ0n) is 15.0. The minimum atomic E-state index is 0.774. The average Bonchev–Trinajstić information content (AvgIpc) is 2.84. The molecule has 0 N–H and O–H groups in total. The van der Waals surface area contributed by atoms with E-state index in [0.29, 0.717) is 0 Å². The molecule has 122 valence electrons. The van der Waals surface area contributed by atoms with Crippen LogP contribution in [-0.2, 0) is 6.54 Å². The SMILES string of the molecule is CCCCC(CC)Cn1c2ccc(C)cc2c2cc(C)ccc21. The Balaban J connectivity index is 2.13. The Morgan fingerprint density at radius 2 is 1.43 bits per heavy atom. The lowest BCUT2D eigenvalue weighted by Gasteiger charge is -2.17. The summed E-state index contributed by atoms with van der Waals surface area (Å²) in [5.74, 6) is 0.774. The molecule has 0 aliphatic rings. The highest BCUT2D eigenvalue weighted by Crippen LogP contribution is 2.32. The van der Waals surface area contributed by atoms with Crippen LogP contribution in [0.3, 0.4) is 0 Å². The molecule has 0 radical (unpaired) electrons. The van der Waals surface area contributed by atoms with Gasteiger partial charge in [-0.3, -0.25) is 0 Å². The minimum absolute atomic E-state index is 0.774. The lowest BCUT2D eigenvalue weighted by atomic mass is 9.99. The molecule has 0 spiro atoms. The fourth-order valence-electron chi connectivity index (χ4n) is 3.70. The number of hydrogen-bond donors (Lipinski definition) is 0. The highest BCUT2D eigenvalue weighted by molar-refractivity contribution is 6.08. The second-order valence-corrected chi connectivity index (χ2v) is 7.07. The summed E-state index contributed by atoms with van der Waals surface area (Å²) in [5.41, 5.74) is 5.48. The fraction of sp³-hybridized carbons (Fsp3) is 0.455. The molecule has 0 amide bonds.